The van der Waals surface area contributed by atoms with Gasteiger partial charge in [0.2, 0.25) is 5.91 Å². The Bertz CT molecular complexity index is 1270. The highest BCUT2D eigenvalue weighted by molar-refractivity contribution is 5.79. The van der Waals surface area contributed by atoms with Crippen molar-refractivity contribution in [2.24, 2.45) is 0 Å². The Kier molecular flexibility index (Phi) is 4.80. The number of nitrogens with one attached hydrogen (secondary N) is 3. The fraction of sp³-hybridized carbons (Fsp3) is 0.190. The molecule has 0 saturated heterocycles. The van der Waals surface area contributed by atoms with Crippen LogP contribution >= 0.6 is 0 Å². The van der Waals surface area contributed by atoms with Crippen LogP contribution in [0.2, 0.25) is 0 Å². The third kappa shape index (κ3) is 3.59. The van der Waals surface area contributed by atoms with Gasteiger partial charge in [0.15, 0.2) is 0 Å². The molecule has 0 saturated carbocycles. The maximum absolute atomic E-state index is 12.1. The van der Waals surface area contributed by atoms with Crippen molar-refractivity contribution in [2.45, 2.75) is 19.4 Å². The summed E-state index contributed by atoms with van der Waals surface area (Å²) < 4.78 is 1.60. The van der Waals surface area contributed by atoms with Crippen LogP contribution in [0.5, 0.6) is 0 Å². The molecule has 0 fully saturated rings. The second-order valence-corrected chi connectivity index (χ2v) is 6.66. The molecule has 0 aliphatic carbocycles. The van der Waals surface area contributed by atoms with Crippen LogP contribution in [0.15, 0.2) is 64.2 Å². The summed E-state index contributed by atoms with van der Waals surface area (Å²) in [5.74, 6) is -0.152. The molecule has 7 heteroatoms. The summed E-state index contributed by atoms with van der Waals surface area (Å²) in [5.41, 5.74) is 2.58. The summed E-state index contributed by atoms with van der Waals surface area (Å²) in [6.45, 7) is 0.722. The van der Waals surface area contributed by atoms with Crippen LogP contribution in [0, 0.1) is 0 Å². The molecule has 2 aromatic heterocycles. The van der Waals surface area contributed by atoms with Gasteiger partial charge in [-0.1, -0.05) is 30.3 Å². The van der Waals surface area contributed by atoms with Gasteiger partial charge in [-0.05, 0) is 36.1 Å². The molecule has 4 aromatic rings. The number of hydrogen-bond donors (Lipinski definition) is 3. The standard InChI is InChI=1S/C21H20N4O3/c26-19(10-9-15-13-14-5-1-2-6-16(14)23-20(15)27)22-11-12-25-18-8-4-3-7-17(18)24-21(25)28/h1-8,13H,9-12H2,(H,22,26)(H,23,27)(H,24,28). The van der Waals surface area contributed by atoms with Gasteiger partial charge in [-0.2, -0.15) is 0 Å². The van der Waals surface area contributed by atoms with E-state index < -0.39 is 0 Å². The lowest BCUT2D eigenvalue weighted by Gasteiger charge is -2.07. The number of fused-ring (bicyclic) bond motifs is 2. The van der Waals surface area contributed by atoms with Gasteiger partial charge in [0.05, 0.1) is 11.0 Å². The Morgan fingerprint density at radius 1 is 0.964 bits per heavy atom. The Morgan fingerprint density at radius 3 is 2.57 bits per heavy atom. The van der Waals surface area contributed by atoms with Gasteiger partial charge in [0.25, 0.3) is 5.56 Å². The Balaban J connectivity index is 1.35. The van der Waals surface area contributed by atoms with Crippen molar-refractivity contribution in [2.75, 3.05) is 6.54 Å². The van der Waals surface area contributed by atoms with Gasteiger partial charge in [0.1, 0.15) is 0 Å². The van der Waals surface area contributed by atoms with E-state index in [1.165, 1.54) is 0 Å². The lowest BCUT2D eigenvalue weighted by atomic mass is 10.1. The number of carbonyl (C=O) groups excluding carboxylic acids is 1. The quantitative estimate of drug-likeness (QED) is 0.479. The van der Waals surface area contributed by atoms with Gasteiger partial charge >= 0.3 is 5.69 Å². The number of aromatic amines is 2. The van der Waals surface area contributed by atoms with Crippen molar-refractivity contribution in [3.05, 3.63) is 81.0 Å². The molecule has 0 unspecified atom stereocenters. The number of aryl methyl sites for hydroxylation is 1. The predicted molar refractivity (Wildman–Crippen MR) is 108 cm³/mol. The number of hydrogen-bond acceptors (Lipinski definition) is 3. The molecule has 2 heterocycles. The third-order valence-electron chi connectivity index (χ3n) is 4.79. The summed E-state index contributed by atoms with van der Waals surface area (Å²) >= 11 is 0. The number of pyridine rings is 1. The Morgan fingerprint density at radius 2 is 1.71 bits per heavy atom. The zero-order valence-electron chi connectivity index (χ0n) is 15.2. The monoisotopic (exact) mass is 376 g/mol. The van der Waals surface area contributed by atoms with E-state index in [9.17, 15) is 14.4 Å². The van der Waals surface area contributed by atoms with E-state index >= 15 is 0 Å². The smallest absolute Gasteiger partial charge is 0.326 e. The lowest BCUT2D eigenvalue weighted by molar-refractivity contribution is -0.121. The van der Waals surface area contributed by atoms with Crippen molar-refractivity contribution >= 4 is 27.8 Å². The molecule has 0 atom stereocenters. The van der Waals surface area contributed by atoms with Gasteiger partial charge < -0.3 is 15.3 Å². The van der Waals surface area contributed by atoms with Crippen LogP contribution in [0.25, 0.3) is 21.9 Å². The van der Waals surface area contributed by atoms with Crippen molar-refractivity contribution in [1.82, 2.24) is 19.9 Å². The first kappa shape index (κ1) is 17.8. The highest BCUT2D eigenvalue weighted by Gasteiger charge is 2.08. The molecule has 3 N–H and O–H groups in total. The average molecular weight is 376 g/mol. The molecule has 0 aliphatic rings. The largest absolute Gasteiger partial charge is 0.354 e. The summed E-state index contributed by atoms with van der Waals surface area (Å²) in [5, 5.41) is 3.76. The highest BCUT2D eigenvalue weighted by atomic mass is 16.2. The zero-order chi connectivity index (χ0) is 19.5. The first-order chi connectivity index (χ1) is 13.6. The fourth-order valence-corrected chi connectivity index (χ4v) is 3.35. The summed E-state index contributed by atoms with van der Waals surface area (Å²) in [4.78, 5) is 42.0. The van der Waals surface area contributed by atoms with Crippen molar-refractivity contribution in [1.29, 1.82) is 0 Å². The Hall–Kier alpha value is -3.61. The van der Waals surface area contributed by atoms with Crippen LogP contribution in [-0.2, 0) is 17.8 Å². The molecule has 28 heavy (non-hydrogen) atoms. The molecule has 1 amide bonds. The molecule has 0 aliphatic heterocycles. The second kappa shape index (κ2) is 7.56. The van der Waals surface area contributed by atoms with E-state index in [2.05, 4.69) is 15.3 Å². The van der Waals surface area contributed by atoms with Crippen LogP contribution < -0.4 is 16.6 Å². The van der Waals surface area contributed by atoms with Crippen molar-refractivity contribution in [3.63, 3.8) is 0 Å². The molecule has 0 bridgehead atoms. The average Bonchev–Trinajstić information content (AvgIpc) is 3.01. The minimum Gasteiger partial charge on any atom is -0.354 e. The number of aromatic nitrogens is 3. The van der Waals surface area contributed by atoms with E-state index in [0.29, 0.717) is 25.1 Å². The molecule has 2 aromatic carbocycles. The number of H-pyrrole nitrogens is 2. The van der Waals surface area contributed by atoms with Crippen LogP contribution in [0.1, 0.15) is 12.0 Å². The lowest BCUT2D eigenvalue weighted by Crippen LogP contribution is -2.30. The van der Waals surface area contributed by atoms with E-state index in [1.807, 2.05) is 54.6 Å². The molecular formula is C21H20N4O3. The number of amides is 1. The number of para-hydroxylation sites is 3. The number of imidazole rings is 1. The maximum atomic E-state index is 12.1. The molecule has 0 spiro atoms. The number of rotatable bonds is 6. The number of nitrogens with zero attached hydrogens (tertiary/aromatic N) is 1. The van der Waals surface area contributed by atoms with Crippen LogP contribution in [0.4, 0.5) is 0 Å². The minimum absolute atomic E-state index is 0.152. The molecule has 0 radical (unpaired) electrons. The van der Waals surface area contributed by atoms with E-state index in [-0.39, 0.29) is 23.6 Å². The summed E-state index contributed by atoms with van der Waals surface area (Å²) in [6.07, 6.45) is 0.573. The van der Waals surface area contributed by atoms with E-state index in [0.717, 1.165) is 21.9 Å². The van der Waals surface area contributed by atoms with Gasteiger partial charge in [-0.3, -0.25) is 14.2 Å². The van der Waals surface area contributed by atoms with Crippen molar-refractivity contribution in [3.8, 4) is 0 Å². The number of carbonyl (C=O) groups is 1. The first-order valence-corrected chi connectivity index (χ1v) is 9.17. The summed E-state index contributed by atoms with van der Waals surface area (Å²) in [7, 11) is 0. The molecular weight excluding hydrogens is 356 g/mol. The van der Waals surface area contributed by atoms with Crippen LogP contribution in [0.3, 0.4) is 0 Å². The Labute approximate surface area is 160 Å². The topological polar surface area (TPSA) is 99.8 Å². The third-order valence-corrected chi connectivity index (χ3v) is 4.79. The van der Waals surface area contributed by atoms with Crippen LogP contribution in [-0.4, -0.2) is 27.0 Å². The highest BCUT2D eigenvalue weighted by Crippen LogP contribution is 2.11. The number of benzene rings is 2. The van der Waals surface area contributed by atoms with Gasteiger partial charge in [-0.15, -0.1) is 0 Å². The van der Waals surface area contributed by atoms with Gasteiger partial charge in [-0.25, -0.2) is 4.79 Å². The second-order valence-electron chi connectivity index (χ2n) is 6.66. The van der Waals surface area contributed by atoms with Gasteiger partial charge in [0, 0.05) is 30.6 Å². The fourth-order valence-electron chi connectivity index (χ4n) is 3.35. The maximum Gasteiger partial charge on any atom is 0.326 e. The predicted octanol–water partition coefficient (Wildman–Crippen LogP) is 1.92. The summed E-state index contributed by atoms with van der Waals surface area (Å²) in [6, 6.07) is 16.8. The normalized spacial score (nSPS) is 11.1. The van der Waals surface area contributed by atoms with E-state index in [1.54, 1.807) is 4.57 Å². The van der Waals surface area contributed by atoms with E-state index in [4.69, 9.17) is 0 Å². The SMILES string of the molecule is O=C(CCc1cc2ccccc2[nH]c1=O)NCCn1c(=O)[nH]c2ccccc21. The minimum atomic E-state index is -0.196. The van der Waals surface area contributed by atoms with Crippen molar-refractivity contribution < 1.29 is 4.79 Å². The zero-order valence-corrected chi connectivity index (χ0v) is 15.2. The first-order valence-electron chi connectivity index (χ1n) is 9.17. The molecule has 142 valence electrons. The molecule has 4 rings (SSSR count). The molecule has 7 nitrogen and oxygen atoms in total.